The van der Waals surface area contributed by atoms with Gasteiger partial charge in [-0.25, -0.2) is 14.8 Å². The first-order chi connectivity index (χ1) is 10.4. The number of ether oxygens (including phenoxy) is 1. The molecule has 0 aromatic carbocycles. The van der Waals surface area contributed by atoms with E-state index in [1.807, 2.05) is 0 Å². The van der Waals surface area contributed by atoms with Gasteiger partial charge < -0.3 is 30.1 Å². The number of imidazole rings is 1. The van der Waals surface area contributed by atoms with E-state index >= 15 is 0 Å². The van der Waals surface area contributed by atoms with Crippen molar-refractivity contribution < 1.29 is 30.0 Å². The van der Waals surface area contributed by atoms with Gasteiger partial charge in [0.25, 0.3) is 5.56 Å². The molecule has 5 N–H and O–H groups in total. The SMILES string of the molecule is O=C(O)C(O)[C@H]1O[C@@H](n2cnc3c(=O)[nH]cnc32)[C@H](O)[C@@H]1O.[Na]. The minimum Gasteiger partial charge on any atom is -0.479 e. The van der Waals surface area contributed by atoms with Crippen molar-refractivity contribution in [2.24, 2.45) is 0 Å². The zero-order valence-electron chi connectivity index (χ0n) is 11.9. The number of nitrogens with zero attached hydrogens (tertiary/aromatic N) is 3. The maximum absolute atomic E-state index is 11.6. The largest absolute Gasteiger partial charge is 0.479 e. The number of carbonyl (C=O) groups is 1. The van der Waals surface area contributed by atoms with Gasteiger partial charge in [-0.05, 0) is 0 Å². The van der Waals surface area contributed by atoms with E-state index in [0.29, 0.717) is 0 Å². The molecule has 119 valence electrons. The van der Waals surface area contributed by atoms with Gasteiger partial charge in [-0.1, -0.05) is 0 Å². The summed E-state index contributed by atoms with van der Waals surface area (Å²) in [6, 6.07) is 0. The second kappa shape index (κ2) is 6.65. The van der Waals surface area contributed by atoms with Crippen molar-refractivity contribution >= 4 is 46.7 Å². The van der Waals surface area contributed by atoms with Crippen LogP contribution in [0, 0.1) is 0 Å². The van der Waals surface area contributed by atoms with Crippen molar-refractivity contribution in [1.29, 1.82) is 0 Å². The second-order valence-corrected chi connectivity index (χ2v) is 4.81. The Labute approximate surface area is 149 Å². The van der Waals surface area contributed by atoms with Crippen LogP contribution in [0.25, 0.3) is 11.2 Å². The Morgan fingerprint density at radius 1 is 1.35 bits per heavy atom. The van der Waals surface area contributed by atoms with E-state index in [9.17, 15) is 24.9 Å². The molecule has 5 atom stereocenters. The number of aromatic nitrogens is 4. The molecule has 1 radical (unpaired) electrons. The molecule has 0 aliphatic carbocycles. The minimum absolute atomic E-state index is 0. The summed E-state index contributed by atoms with van der Waals surface area (Å²) in [6.45, 7) is 0. The summed E-state index contributed by atoms with van der Waals surface area (Å²) in [5.41, 5.74) is -0.417. The Hall–Kier alpha value is -1.34. The van der Waals surface area contributed by atoms with Crippen molar-refractivity contribution in [1.82, 2.24) is 19.5 Å². The maximum atomic E-state index is 11.6. The van der Waals surface area contributed by atoms with Crippen molar-refractivity contribution in [2.75, 3.05) is 0 Å². The van der Waals surface area contributed by atoms with Gasteiger partial charge in [0.2, 0.25) is 0 Å². The zero-order valence-corrected chi connectivity index (χ0v) is 13.9. The standard InChI is InChI=1S/C11H12N4O7.Na/c16-4-5(17)10(22-7(4)6(18)11(20)21)15-2-14-3-8(15)12-1-13-9(3)19;/h1-2,4-7,10,16-18H,(H,20,21)(H,12,13,19);/t4-,5+,6?,7-,10+;/m0./s1. The quantitative estimate of drug-likeness (QED) is 0.362. The molecule has 23 heavy (non-hydrogen) atoms. The van der Waals surface area contributed by atoms with Crippen LogP contribution < -0.4 is 5.56 Å². The van der Waals surface area contributed by atoms with Crippen LogP contribution in [0.3, 0.4) is 0 Å². The fourth-order valence-corrected chi connectivity index (χ4v) is 2.37. The fourth-order valence-electron chi connectivity index (χ4n) is 2.37. The molecule has 1 aliphatic heterocycles. The Morgan fingerprint density at radius 3 is 2.70 bits per heavy atom. The van der Waals surface area contributed by atoms with E-state index in [0.717, 1.165) is 6.33 Å². The Bertz CT molecular complexity index is 777. The molecule has 1 fully saturated rings. The number of rotatable bonds is 3. The molecule has 1 saturated heterocycles. The van der Waals surface area contributed by atoms with Crippen molar-refractivity contribution in [3.8, 4) is 0 Å². The number of hydrogen-bond acceptors (Lipinski definition) is 8. The maximum Gasteiger partial charge on any atom is 0.335 e. The number of aromatic amines is 1. The molecule has 11 nitrogen and oxygen atoms in total. The molecule has 0 amide bonds. The van der Waals surface area contributed by atoms with E-state index in [4.69, 9.17) is 9.84 Å². The Morgan fingerprint density at radius 2 is 2.04 bits per heavy atom. The fraction of sp³-hybridized carbons (Fsp3) is 0.455. The zero-order chi connectivity index (χ0) is 16.0. The van der Waals surface area contributed by atoms with Gasteiger partial charge in [-0.15, -0.1) is 0 Å². The average molecular weight is 335 g/mol. The van der Waals surface area contributed by atoms with Gasteiger partial charge in [0.15, 0.2) is 23.5 Å². The number of carboxylic acids is 1. The predicted molar refractivity (Wildman–Crippen MR) is 73.5 cm³/mol. The van der Waals surface area contributed by atoms with Gasteiger partial charge in [-0.3, -0.25) is 9.36 Å². The molecule has 0 spiro atoms. The first-order valence-electron chi connectivity index (χ1n) is 6.24. The summed E-state index contributed by atoms with van der Waals surface area (Å²) >= 11 is 0. The third-order valence-corrected chi connectivity index (χ3v) is 3.48. The van der Waals surface area contributed by atoms with Gasteiger partial charge in [0.1, 0.15) is 18.3 Å². The van der Waals surface area contributed by atoms with E-state index in [1.165, 1.54) is 10.9 Å². The number of carboxylic acid groups (broad SMARTS) is 1. The van der Waals surface area contributed by atoms with Crippen LogP contribution in [0.1, 0.15) is 6.23 Å². The van der Waals surface area contributed by atoms with E-state index in [1.54, 1.807) is 0 Å². The van der Waals surface area contributed by atoms with Crippen LogP contribution in [0.4, 0.5) is 0 Å². The first kappa shape index (κ1) is 18.0. The molecule has 3 heterocycles. The first-order valence-corrected chi connectivity index (χ1v) is 6.24. The van der Waals surface area contributed by atoms with Crippen LogP contribution in [-0.4, -0.2) is 99.9 Å². The van der Waals surface area contributed by atoms with Crippen molar-refractivity contribution in [3.05, 3.63) is 23.0 Å². The normalized spacial score (nSPS) is 28.5. The summed E-state index contributed by atoms with van der Waals surface area (Å²) in [5.74, 6) is -1.60. The van der Waals surface area contributed by atoms with Gasteiger partial charge >= 0.3 is 5.97 Å². The third kappa shape index (κ3) is 2.92. The number of fused-ring (bicyclic) bond motifs is 1. The molecule has 3 rings (SSSR count). The predicted octanol–water partition coefficient (Wildman–Crippen LogP) is -3.20. The minimum atomic E-state index is -2.01. The molecule has 1 unspecified atom stereocenters. The van der Waals surface area contributed by atoms with Crippen LogP contribution in [0.5, 0.6) is 0 Å². The molecule has 0 bridgehead atoms. The monoisotopic (exact) mass is 335 g/mol. The van der Waals surface area contributed by atoms with Gasteiger partial charge in [-0.2, -0.15) is 0 Å². The summed E-state index contributed by atoms with van der Waals surface area (Å²) in [5, 5.41) is 38.1. The summed E-state index contributed by atoms with van der Waals surface area (Å²) in [4.78, 5) is 32.4. The molecular weight excluding hydrogens is 323 g/mol. The summed E-state index contributed by atoms with van der Waals surface area (Å²) < 4.78 is 6.43. The van der Waals surface area contributed by atoms with E-state index in [-0.39, 0.29) is 40.7 Å². The van der Waals surface area contributed by atoms with Crippen molar-refractivity contribution in [2.45, 2.75) is 30.6 Å². The Kier molecular flexibility index (Phi) is 5.20. The number of aliphatic hydroxyl groups excluding tert-OH is 3. The molecule has 2 aromatic heterocycles. The second-order valence-electron chi connectivity index (χ2n) is 4.81. The van der Waals surface area contributed by atoms with Gasteiger partial charge in [0, 0.05) is 29.6 Å². The number of hydrogen-bond donors (Lipinski definition) is 5. The summed E-state index contributed by atoms with van der Waals surface area (Å²) in [7, 11) is 0. The van der Waals surface area contributed by atoms with Crippen LogP contribution in [0.15, 0.2) is 17.4 Å². The number of H-pyrrole nitrogens is 1. The molecule has 1 aliphatic rings. The Balaban J connectivity index is 0.00000192. The molecular formula is C11H12N4NaO7. The van der Waals surface area contributed by atoms with E-state index in [2.05, 4.69) is 15.0 Å². The van der Waals surface area contributed by atoms with E-state index < -0.39 is 42.2 Å². The number of nitrogens with one attached hydrogen (secondary N) is 1. The third-order valence-electron chi connectivity index (χ3n) is 3.48. The summed E-state index contributed by atoms with van der Waals surface area (Å²) in [6.07, 6.45) is -5.65. The molecule has 0 saturated carbocycles. The van der Waals surface area contributed by atoms with Crippen LogP contribution >= 0.6 is 0 Å². The van der Waals surface area contributed by atoms with Crippen molar-refractivity contribution in [3.63, 3.8) is 0 Å². The molecule has 2 aromatic rings. The smallest absolute Gasteiger partial charge is 0.335 e. The number of aliphatic hydroxyl groups is 3. The van der Waals surface area contributed by atoms with Gasteiger partial charge in [0.05, 0.1) is 12.7 Å². The number of aliphatic carboxylic acids is 1. The van der Waals surface area contributed by atoms with Crippen LogP contribution in [-0.2, 0) is 9.53 Å². The topological polar surface area (TPSA) is 171 Å². The average Bonchev–Trinajstić information content (AvgIpc) is 3.02. The van der Waals surface area contributed by atoms with Crippen LogP contribution in [0.2, 0.25) is 0 Å². The molecule has 12 heteroatoms.